The summed E-state index contributed by atoms with van der Waals surface area (Å²) in [5.41, 5.74) is 2.14. The molecule has 9 heteroatoms. The molecule has 1 aliphatic rings. The van der Waals surface area contributed by atoms with E-state index in [-0.39, 0.29) is 11.5 Å². The van der Waals surface area contributed by atoms with Crippen molar-refractivity contribution in [1.29, 1.82) is 0 Å². The van der Waals surface area contributed by atoms with Crippen LogP contribution in [0, 0.1) is 0 Å². The predicted molar refractivity (Wildman–Crippen MR) is 138 cm³/mol. The number of fused-ring (bicyclic) bond motifs is 1. The van der Waals surface area contributed by atoms with Gasteiger partial charge in [0, 0.05) is 48.5 Å². The Morgan fingerprint density at radius 2 is 1.88 bits per heavy atom. The third-order valence-electron chi connectivity index (χ3n) is 5.72. The zero-order valence-corrected chi connectivity index (χ0v) is 20.5. The maximum atomic E-state index is 12.7. The second kappa shape index (κ2) is 10.2. The average Bonchev–Trinajstić information content (AvgIpc) is 3.50. The third-order valence-corrected chi connectivity index (χ3v) is 8.42. The molecule has 0 bridgehead atoms. The number of nitrogens with one attached hydrogen (secondary N) is 1. The van der Waals surface area contributed by atoms with Gasteiger partial charge in [-0.1, -0.05) is 36.4 Å². The highest BCUT2D eigenvalue weighted by Gasteiger charge is 2.21. The first-order chi connectivity index (χ1) is 16.2. The second-order valence-corrected chi connectivity index (χ2v) is 10.7. The quantitative estimate of drug-likeness (QED) is 0.413. The Bertz CT molecular complexity index is 1280. The van der Waals surface area contributed by atoms with Crippen LogP contribution in [0.1, 0.15) is 11.4 Å². The van der Waals surface area contributed by atoms with Crippen molar-refractivity contribution in [3.8, 4) is 10.4 Å². The molecule has 4 aromatic rings. The van der Waals surface area contributed by atoms with Crippen LogP contribution in [-0.2, 0) is 17.1 Å². The lowest BCUT2D eigenvalue weighted by atomic mass is 10.2. The van der Waals surface area contributed by atoms with E-state index >= 15 is 0 Å². The number of thiophene rings is 2. The topological polar surface area (TPSA) is 69.3 Å². The first kappa shape index (κ1) is 22.3. The van der Waals surface area contributed by atoms with E-state index < -0.39 is 0 Å². The molecule has 0 atom stereocenters. The van der Waals surface area contributed by atoms with Gasteiger partial charge in [-0.2, -0.15) is 0 Å². The Morgan fingerprint density at radius 1 is 1.06 bits per heavy atom. The van der Waals surface area contributed by atoms with Crippen LogP contribution >= 0.6 is 34.4 Å². The molecule has 3 aromatic heterocycles. The standard InChI is InChI=1S/C24H24N4O2S3/c29-21(28-10-8-27(9-11-28)13-17-5-2-1-3-6-17)16-31-15-20-25-23(30)22-18(14-33-24(22)26-20)19-7-4-12-32-19/h1-7,12,14H,8-11,13,15-16H2,(H,25,26,30). The minimum absolute atomic E-state index is 0.110. The van der Waals surface area contributed by atoms with Gasteiger partial charge in [-0.05, 0) is 17.0 Å². The van der Waals surface area contributed by atoms with Crippen LogP contribution in [0.2, 0.25) is 0 Å². The van der Waals surface area contributed by atoms with Gasteiger partial charge in [0.25, 0.3) is 5.56 Å². The van der Waals surface area contributed by atoms with Crippen LogP contribution in [-0.4, -0.2) is 57.6 Å². The Hall–Kier alpha value is -2.46. The molecule has 1 aliphatic heterocycles. The van der Waals surface area contributed by atoms with Gasteiger partial charge in [0.2, 0.25) is 5.91 Å². The van der Waals surface area contributed by atoms with Gasteiger partial charge in [-0.25, -0.2) is 4.98 Å². The van der Waals surface area contributed by atoms with E-state index in [1.807, 2.05) is 33.9 Å². The highest BCUT2D eigenvalue weighted by molar-refractivity contribution is 7.99. The minimum Gasteiger partial charge on any atom is -0.339 e. The minimum atomic E-state index is -0.110. The smallest absolute Gasteiger partial charge is 0.260 e. The molecule has 6 nitrogen and oxygen atoms in total. The normalized spacial score (nSPS) is 14.7. The number of hydrogen-bond acceptors (Lipinski definition) is 7. The van der Waals surface area contributed by atoms with Crippen molar-refractivity contribution in [3.05, 3.63) is 75.0 Å². The van der Waals surface area contributed by atoms with E-state index in [1.165, 1.54) is 28.7 Å². The summed E-state index contributed by atoms with van der Waals surface area (Å²) in [5, 5.41) is 4.66. The molecule has 0 aliphatic carbocycles. The molecule has 0 saturated carbocycles. The lowest BCUT2D eigenvalue weighted by molar-refractivity contribution is -0.130. The number of aromatic nitrogens is 2. The number of thioether (sulfide) groups is 1. The summed E-state index contributed by atoms with van der Waals surface area (Å²) in [7, 11) is 0. The molecule has 4 heterocycles. The van der Waals surface area contributed by atoms with Crippen molar-refractivity contribution >= 4 is 50.6 Å². The summed E-state index contributed by atoms with van der Waals surface area (Å²) < 4.78 is 0. The summed E-state index contributed by atoms with van der Waals surface area (Å²) in [4.78, 5) is 39.1. The average molecular weight is 497 g/mol. The largest absolute Gasteiger partial charge is 0.339 e. The molecule has 1 amide bonds. The van der Waals surface area contributed by atoms with E-state index in [0.29, 0.717) is 22.7 Å². The van der Waals surface area contributed by atoms with Crippen molar-refractivity contribution in [2.24, 2.45) is 0 Å². The number of amides is 1. The van der Waals surface area contributed by atoms with E-state index in [4.69, 9.17) is 0 Å². The number of hydrogen-bond donors (Lipinski definition) is 1. The number of rotatable bonds is 7. The van der Waals surface area contributed by atoms with Crippen LogP contribution in [0.3, 0.4) is 0 Å². The van der Waals surface area contributed by atoms with Gasteiger partial charge >= 0.3 is 0 Å². The summed E-state index contributed by atoms with van der Waals surface area (Å²) in [6, 6.07) is 14.4. The molecular formula is C24H24N4O2S3. The van der Waals surface area contributed by atoms with Crippen LogP contribution < -0.4 is 5.56 Å². The predicted octanol–water partition coefficient (Wildman–Crippen LogP) is 4.29. The van der Waals surface area contributed by atoms with Gasteiger partial charge in [-0.3, -0.25) is 14.5 Å². The summed E-state index contributed by atoms with van der Waals surface area (Å²) in [5.74, 6) is 1.68. The number of carbonyl (C=O) groups is 1. The zero-order valence-electron chi connectivity index (χ0n) is 18.0. The summed E-state index contributed by atoms with van der Waals surface area (Å²) >= 11 is 4.61. The van der Waals surface area contributed by atoms with Gasteiger partial charge in [-0.15, -0.1) is 34.4 Å². The van der Waals surface area contributed by atoms with E-state index in [1.54, 1.807) is 11.3 Å². The van der Waals surface area contributed by atoms with Crippen molar-refractivity contribution in [1.82, 2.24) is 19.8 Å². The molecular weight excluding hydrogens is 472 g/mol. The fourth-order valence-electron chi connectivity index (χ4n) is 4.00. The molecule has 0 spiro atoms. The molecule has 33 heavy (non-hydrogen) atoms. The van der Waals surface area contributed by atoms with Crippen LogP contribution in [0.5, 0.6) is 0 Å². The fourth-order valence-corrected chi connectivity index (χ4v) is 6.57. The SMILES string of the molecule is O=C(CSCc1nc2scc(-c3cccs3)c2c(=O)[nH]1)N1CCN(Cc2ccccc2)CC1. The Labute approximate surface area is 204 Å². The number of H-pyrrole nitrogens is 1. The van der Waals surface area contributed by atoms with Gasteiger partial charge in [0.1, 0.15) is 10.7 Å². The molecule has 0 unspecified atom stereocenters. The van der Waals surface area contributed by atoms with Crippen molar-refractivity contribution in [3.63, 3.8) is 0 Å². The Balaban J connectivity index is 1.13. The van der Waals surface area contributed by atoms with E-state index in [0.717, 1.165) is 48.0 Å². The molecule has 1 saturated heterocycles. The lowest BCUT2D eigenvalue weighted by Gasteiger charge is -2.34. The van der Waals surface area contributed by atoms with Crippen LogP contribution in [0.25, 0.3) is 20.7 Å². The van der Waals surface area contributed by atoms with Gasteiger partial charge < -0.3 is 9.88 Å². The van der Waals surface area contributed by atoms with Crippen LogP contribution in [0.4, 0.5) is 0 Å². The van der Waals surface area contributed by atoms with Gasteiger partial charge in [0.05, 0.1) is 16.9 Å². The summed E-state index contributed by atoms with van der Waals surface area (Å²) in [6.07, 6.45) is 0. The zero-order chi connectivity index (χ0) is 22.6. The molecule has 5 rings (SSSR count). The Kier molecular flexibility index (Phi) is 6.91. The van der Waals surface area contributed by atoms with Crippen molar-refractivity contribution < 1.29 is 4.79 Å². The highest BCUT2D eigenvalue weighted by atomic mass is 32.2. The first-order valence-electron chi connectivity index (χ1n) is 10.8. The van der Waals surface area contributed by atoms with Gasteiger partial charge in [0.15, 0.2) is 0 Å². The Morgan fingerprint density at radius 3 is 2.64 bits per heavy atom. The van der Waals surface area contributed by atoms with Crippen molar-refractivity contribution in [2.45, 2.75) is 12.3 Å². The fraction of sp³-hybridized carbons (Fsp3) is 0.292. The first-order valence-corrected chi connectivity index (χ1v) is 13.7. The van der Waals surface area contributed by atoms with Crippen molar-refractivity contribution in [2.75, 3.05) is 31.9 Å². The number of piperazine rings is 1. The van der Waals surface area contributed by atoms with Crippen LogP contribution in [0.15, 0.2) is 58.0 Å². The maximum Gasteiger partial charge on any atom is 0.260 e. The maximum absolute atomic E-state index is 12.7. The number of nitrogens with zero attached hydrogens (tertiary/aromatic N) is 3. The number of aromatic amines is 1. The monoisotopic (exact) mass is 496 g/mol. The second-order valence-electron chi connectivity index (χ2n) is 7.95. The molecule has 170 valence electrons. The van der Waals surface area contributed by atoms with E-state index in [9.17, 15) is 9.59 Å². The molecule has 1 fully saturated rings. The number of benzene rings is 1. The number of carbonyl (C=O) groups excluding carboxylic acids is 1. The molecule has 0 radical (unpaired) electrons. The summed E-state index contributed by atoms with van der Waals surface area (Å²) in [6.45, 7) is 4.22. The molecule has 1 aromatic carbocycles. The third kappa shape index (κ3) is 5.22. The molecule has 1 N–H and O–H groups in total. The highest BCUT2D eigenvalue weighted by Crippen LogP contribution is 2.33. The van der Waals surface area contributed by atoms with E-state index in [2.05, 4.69) is 39.1 Å². The lowest BCUT2D eigenvalue weighted by Crippen LogP contribution is -2.48.